The van der Waals surface area contributed by atoms with Crippen LogP contribution in [0.1, 0.15) is 32.8 Å². The van der Waals surface area contributed by atoms with Gasteiger partial charge < -0.3 is 19.7 Å². The standard InChI is InChI=1S/C19H28O5/c1-12-10-23-17(21)9-16(20)13(2)19(14(3)18(12)22)24-11-15-7-5-4-6-8-15/h4-8,12-14,16,18-20,22H,9-11H2,1-3H3/t12-,13-,14+,16+,18-,19-/m0/s1. The highest BCUT2D eigenvalue weighted by Crippen LogP contribution is 2.29. The maximum atomic E-state index is 11.8. The molecule has 1 fully saturated rings. The molecule has 1 aliphatic heterocycles. The van der Waals surface area contributed by atoms with Gasteiger partial charge in [0.2, 0.25) is 0 Å². The van der Waals surface area contributed by atoms with Crippen molar-refractivity contribution in [1.29, 1.82) is 0 Å². The first-order valence-electron chi connectivity index (χ1n) is 8.57. The number of aliphatic hydroxyl groups excluding tert-OH is 2. The average Bonchev–Trinajstić information content (AvgIpc) is 2.58. The predicted molar refractivity (Wildman–Crippen MR) is 90.1 cm³/mol. The molecule has 0 spiro atoms. The van der Waals surface area contributed by atoms with Gasteiger partial charge in [0.15, 0.2) is 0 Å². The third kappa shape index (κ3) is 4.79. The summed E-state index contributed by atoms with van der Waals surface area (Å²) >= 11 is 0. The molecule has 0 unspecified atom stereocenters. The minimum Gasteiger partial charge on any atom is -0.465 e. The van der Waals surface area contributed by atoms with E-state index in [2.05, 4.69) is 0 Å². The summed E-state index contributed by atoms with van der Waals surface area (Å²) in [5.41, 5.74) is 1.03. The zero-order valence-corrected chi connectivity index (χ0v) is 14.6. The van der Waals surface area contributed by atoms with E-state index in [1.807, 2.05) is 51.1 Å². The second-order valence-electron chi connectivity index (χ2n) is 6.90. The minimum absolute atomic E-state index is 0.0537. The summed E-state index contributed by atoms with van der Waals surface area (Å²) in [6.07, 6.45) is -1.95. The second kappa shape index (κ2) is 8.60. The highest BCUT2D eigenvalue weighted by atomic mass is 16.5. The number of rotatable bonds is 3. The van der Waals surface area contributed by atoms with Crippen LogP contribution in [0.3, 0.4) is 0 Å². The molecule has 0 radical (unpaired) electrons. The van der Waals surface area contributed by atoms with Crippen molar-refractivity contribution in [3.63, 3.8) is 0 Å². The number of hydrogen-bond donors (Lipinski definition) is 2. The lowest BCUT2D eigenvalue weighted by Crippen LogP contribution is -2.45. The van der Waals surface area contributed by atoms with Crippen molar-refractivity contribution in [1.82, 2.24) is 0 Å². The molecular weight excluding hydrogens is 308 g/mol. The van der Waals surface area contributed by atoms with Gasteiger partial charge in [-0.1, -0.05) is 51.1 Å². The minimum atomic E-state index is -0.860. The molecule has 2 N–H and O–H groups in total. The van der Waals surface area contributed by atoms with Crippen molar-refractivity contribution in [2.45, 2.75) is 52.1 Å². The quantitative estimate of drug-likeness (QED) is 0.827. The predicted octanol–water partition coefficient (Wildman–Crippen LogP) is 2.15. The molecule has 6 atom stereocenters. The molecule has 0 bridgehead atoms. The van der Waals surface area contributed by atoms with E-state index in [1.54, 1.807) is 0 Å². The van der Waals surface area contributed by atoms with Gasteiger partial charge in [-0.25, -0.2) is 0 Å². The van der Waals surface area contributed by atoms with Crippen molar-refractivity contribution in [3.05, 3.63) is 35.9 Å². The van der Waals surface area contributed by atoms with Crippen molar-refractivity contribution in [2.24, 2.45) is 17.8 Å². The molecular formula is C19H28O5. The fourth-order valence-electron chi connectivity index (χ4n) is 3.22. The van der Waals surface area contributed by atoms with E-state index in [4.69, 9.17) is 9.47 Å². The smallest absolute Gasteiger partial charge is 0.308 e. The third-order valence-electron chi connectivity index (χ3n) is 4.93. The molecule has 2 rings (SSSR count). The average molecular weight is 336 g/mol. The van der Waals surface area contributed by atoms with E-state index in [1.165, 1.54) is 0 Å². The van der Waals surface area contributed by atoms with E-state index in [0.717, 1.165) is 5.56 Å². The molecule has 1 aromatic carbocycles. The zero-order valence-electron chi connectivity index (χ0n) is 14.6. The van der Waals surface area contributed by atoms with Crippen LogP contribution < -0.4 is 0 Å². The number of aliphatic hydroxyl groups is 2. The number of carbonyl (C=O) groups is 1. The molecule has 0 amide bonds. The Bertz CT molecular complexity index is 518. The summed E-state index contributed by atoms with van der Waals surface area (Å²) in [6.45, 7) is 6.17. The Morgan fingerprint density at radius 3 is 2.46 bits per heavy atom. The van der Waals surface area contributed by atoms with E-state index in [9.17, 15) is 15.0 Å². The Kier molecular flexibility index (Phi) is 6.78. The van der Waals surface area contributed by atoms with Gasteiger partial charge in [-0.05, 0) is 5.56 Å². The van der Waals surface area contributed by atoms with Gasteiger partial charge in [0, 0.05) is 17.8 Å². The summed E-state index contributed by atoms with van der Waals surface area (Å²) in [7, 11) is 0. The molecule has 1 aliphatic rings. The number of benzene rings is 1. The SMILES string of the molecule is C[C@@H]1[C@@H](O)[C@@H](C)COC(=O)C[C@@H](O)[C@H](C)[C@@H]1OCc1ccccc1. The molecule has 1 saturated heterocycles. The molecule has 5 heteroatoms. The van der Waals surface area contributed by atoms with Crippen LogP contribution >= 0.6 is 0 Å². The van der Waals surface area contributed by atoms with Crippen LogP contribution in [0.4, 0.5) is 0 Å². The first kappa shape index (κ1) is 18.9. The van der Waals surface area contributed by atoms with Gasteiger partial charge in [0.25, 0.3) is 0 Å². The molecule has 0 aromatic heterocycles. The van der Waals surface area contributed by atoms with Crippen LogP contribution in [0.5, 0.6) is 0 Å². The Balaban J connectivity index is 2.16. The largest absolute Gasteiger partial charge is 0.465 e. The summed E-state index contributed by atoms with van der Waals surface area (Å²) in [5.74, 6) is -1.11. The number of hydrogen-bond acceptors (Lipinski definition) is 5. The van der Waals surface area contributed by atoms with Crippen molar-refractivity contribution < 1.29 is 24.5 Å². The van der Waals surface area contributed by atoms with E-state index < -0.39 is 18.2 Å². The van der Waals surface area contributed by atoms with Crippen LogP contribution in [-0.2, 0) is 20.9 Å². The van der Waals surface area contributed by atoms with Gasteiger partial charge in [-0.2, -0.15) is 0 Å². The maximum Gasteiger partial charge on any atom is 0.308 e. The van der Waals surface area contributed by atoms with Crippen molar-refractivity contribution >= 4 is 5.97 Å². The van der Waals surface area contributed by atoms with Crippen LogP contribution in [0.25, 0.3) is 0 Å². The van der Waals surface area contributed by atoms with E-state index in [-0.39, 0.29) is 36.9 Å². The highest BCUT2D eigenvalue weighted by molar-refractivity contribution is 5.70. The molecule has 134 valence electrons. The van der Waals surface area contributed by atoms with E-state index >= 15 is 0 Å². The van der Waals surface area contributed by atoms with Gasteiger partial charge in [-0.15, -0.1) is 0 Å². The van der Waals surface area contributed by atoms with Crippen LogP contribution in [0.15, 0.2) is 30.3 Å². The van der Waals surface area contributed by atoms with Crippen LogP contribution in [0, 0.1) is 17.8 Å². The topological polar surface area (TPSA) is 76.0 Å². The monoisotopic (exact) mass is 336 g/mol. The first-order valence-corrected chi connectivity index (χ1v) is 8.57. The number of ether oxygens (including phenoxy) is 2. The lowest BCUT2D eigenvalue weighted by molar-refractivity contribution is -0.157. The molecule has 1 heterocycles. The second-order valence-corrected chi connectivity index (χ2v) is 6.90. The van der Waals surface area contributed by atoms with Crippen LogP contribution in [-0.4, -0.2) is 41.1 Å². The normalized spacial score (nSPS) is 35.3. The Morgan fingerprint density at radius 1 is 1.12 bits per heavy atom. The zero-order chi connectivity index (χ0) is 17.7. The molecule has 24 heavy (non-hydrogen) atoms. The summed E-state index contributed by atoms with van der Waals surface area (Å²) in [6, 6.07) is 9.78. The maximum absolute atomic E-state index is 11.8. The number of cyclic esters (lactones) is 1. The number of esters is 1. The van der Waals surface area contributed by atoms with E-state index in [0.29, 0.717) is 6.61 Å². The fourth-order valence-corrected chi connectivity index (χ4v) is 3.22. The molecule has 0 saturated carbocycles. The first-order chi connectivity index (χ1) is 11.4. The van der Waals surface area contributed by atoms with Crippen molar-refractivity contribution in [2.75, 3.05) is 6.61 Å². The lowest BCUT2D eigenvalue weighted by Gasteiger charge is -2.37. The Labute approximate surface area is 143 Å². The Hall–Kier alpha value is -1.43. The summed E-state index contributed by atoms with van der Waals surface area (Å²) in [5, 5.41) is 20.9. The van der Waals surface area contributed by atoms with Crippen LogP contribution in [0.2, 0.25) is 0 Å². The number of carbonyl (C=O) groups excluding carboxylic acids is 1. The summed E-state index contributed by atoms with van der Waals surface area (Å²) < 4.78 is 11.2. The molecule has 0 aliphatic carbocycles. The van der Waals surface area contributed by atoms with Gasteiger partial charge >= 0.3 is 5.97 Å². The lowest BCUT2D eigenvalue weighted by atomic mass is 9.81. The molecule has 1 aromatic rings. The van der Waals surface area contributed by atoms with Gasteiger partial charge in [0.1, 0.15) is 0 Å². The summed E-state index contributed by atoms with van der Waals surface area (Å²) in [4.78, 5) is 11.8. The van der Waals surface area contributed by atoms with Gasteiger partial charge in [-0.3, -0.25) is 4.79 Å². The third-order valence-corrected chi connectivity index (χ3v) is 4.93. The Morgan fingerprint density at radius 2 is 1.79 bits per heavy atom. The molecule has 5 nitrogen and oxygen atoms in total. The fraction of sp³-hybridized carbons (Fsp3) is 0.632. The van der Waals surface area contributed by atoms with Gasteiger partial charge in [0.05, 0.1) is 37.9 Å². The highest BCUT2D eigenvalue weighted by Gasteiger charge is 2.37. The van der Waals surface area contributed by atoms with Crippen molar-refractivity contribution in [3.8, 4) is 0 Å².